The minimum Gasteiger partial charge on any atom is -0.389 e. The van der Waals surface area contributed by atoms with Crippen molar-refractivity contribution < 1.29 is 14.6 Å². The smallest absolute Gasteiger partial charge is 0.259 e. The number of hydrogen-bond acceptors (Lipinski definition) is 7. The third-order valence-electron chi connectivity index (χ3n) is 5.75. The number of nitrogens with zero attached hydrogens (tertiary/aromatic N) is 2. The van der Waals surface area contributed by atoms with E-state index in [0.717, 1.165) is 35.0 Å². The maximum atomic E-state index is 12.8. The minimum absolute atomic E-state index is 0.0529. The fourth-order valence-corrected chi connectivity index (χ4v) is 5.47. The minimum atomic E-state index is -0.653. The number of aliphatic hydroxyl groups excluding tert-OH is 1. The molecule has 0 saturated heterocycles. The molecule has 3 aromatic rings. The molecule has 1 aliphatic rings. The van der Waals surface area contributed by atoms with E-state index in [9.17, 15) is 9.90 Å². The van der Waals surface area contributed by atoms with Gasteiger partial charge in [0.25, 0.3) is 5.56 Å². The summed E-state index contributed by atoms with van der Waals surface area (Å²) in [7, 11) is 1.65. The highest BCUT2D eigenvalue weighted by Crippen LogP contribution is 2.33. The highest BCUT2D eigenvalue weighted by Gasteiger charge is 2.21. The van der Waals surface area contributed by atoms with Crippen LogP contribution in [0.4, 0.5) is 0 Å². The number of benzene rings is 1. The van der Waals surface area contributed by atoms with Crippen LogP contribution in [0.25, 0.3) is 10.2 Å². The molecular formula is C24H31N3O4S. The lowest BCUT2D eigenvalue weighted by atomic mass is 9.97. The van der Waals surface area contributed by atoms with Gasteiger partial charge in [0.05, 0.1) is 37.9 Å². The third kappa shape index (κ3) is 5.82. The van der Waals surface area contributed by atoms with Gasteiger partial charge in [0, 0.05) is 25.1 Å². The second-order valence-electron chi connectivity index (χ2n) is 8.29. The predicted octanol–water partition coefficient (Wildman–Crippen LogP) is 2.89. The number of fused-ring (bicyclic) bond motifs is 3. The zero-order valence-electron chi connectivity index (χ0n) is 18.5. The average molecular weight is 458 g/mol. The fourth-order valence-electron chi connectivity index (χ4n) is 4.19. The number of hydrogen-bond donors (Lipinski definition) is 2. The van der Waals surface area contributed by atoms with Gasteiger partial charge in [-0.15, -0.1) is 11.3 Å². The number of aromatic amines is 1. The Bertz CT molecular complexity index is 1070. The summed E-state index contributed by atoms with van der Waals surface area (Å²) >= 11 is 1.65. The zero-order valence-corrected chi connectivity index (χ0v) is 19.3. The molecule has 0 aliphatic heterocycles. The van der Waals surface area contributed by atoms with Crippen molar-refractivity contribution in [1.82, 2.24) is 14.9 Å². The number of nitrogens with one attached hydrogen (secondary N) is 1. The summed E-state index contributed by atoms with van der Waals surface area (Å²) in [6.07, 6.45) is 3.67. The van der Waals surface area contributed by atoms with E-state index in [1.165, 1.54) is 16.9 Å². The second kappa shape index (κ2) is 11.2. The maximum Gasteiger partial charge on any atom is 0.259 e. The molecule has 1 unspecified atom stereocenters. The molecule has 0 saturated carbocycles. The van der Waals surface area contributed by atoms with Gasteiger partial charge in [0.2, 0.25) is 0 Å². The lowest BCUT2D eigenvalue weighted by Crippen LogP contribution is -2.37. The van der Waals surface area contributed by atoms with Gasteiger partial charge < -0.3 is 19.6 Å². The summed E-state index contributed by atoms with van der Waals surface area (Å²) in [5.74, 6) is 0.620. The normalized spacial score (nSPS) is 14.7. The SMILES string of the molecule is COCCN(Cc1nc2sc3c(c2c(=O)[nH]1)CCCC3)CC(O)COCc1ccccc1. The number of methoxy groups -OCH3 is 1. The van der Waals surface area contributed by atoms with Crippen LogP contribution in [0.2, 0.25) is 0 Å². The molecule has 2 aromatic heterocycles. The van der Waals surface area contributed by atoms with Crippen molar-refractivity contribution in [2.75, 3.05) is 33.4 Å². The van der Waals surface area contributed by atoms with Gasteiger partial charge in [-0.05, 0) is 36.8 Å². The van der Waals surface area contributed by atoms with Crippen molar-refractivity contribution >= 4 is 21.6 Å². The molecular weight excluding hydrogens is 426 g/mol. The molecule has 8 heteroatoms. The van der Waals surface area contributed by atoms with Crippen molar-refractivity contribution in [3.63, 3.8) is 0 Å². The molecule has 1 atom stereocenters. The molecule has 4 rings (SSSR count). The van der Waals surface area contributed by atoms with Crippen LogP contribution >= 0.6 is 11.3 Å². The molecule has 172 valence electrons. The third-order valence-corrected chi connectivity index (χ3v) is 6.94. The summed E-state index contributed by atoms with van der Waals surface area (Å²) in [5.41, 5.74) is 2.21. The topological polar surface area (TPSA) is 87.7 Å². The van der Waals surface area contributed by atoms with Crippen LogP contribution in [-0.2, 0) is 35.5 Å². The highest BCUT2D eigenvalue weighted by molar-refractivity contribution is 7.18. The monoisotopic (exact) mass is 457 g/mol. The van der Waals surface area contributed by atoms with Crippen molar-refractivity contribution in [1.29, 1.82) is 0 Å². The van der Waals surface area contributed by atoms with Crippen LogP contribution in [0.1, 0.15) is 34.7 Å². The van der Waals surface area contributed by atoms with Gasteiger partial charge in [-0.3, -0.25) is 9.69 Å². The van der Waals surface area contributed by atoms with Crippen molar-refractivity contribution in [2.24, 2.45) is 0 Å². The van der Waals surface area contributed by atoms with Gasteiger partial charge in [-0.2, -0.15) is 0 Å². The predicted molar refractivity (Wildman–Crippen MR) is 126 cm³/mol. The Morgan fingerprint density at radius 2 is 2.06 bits per heavy atom. The van der Waals surface area contributed by atoms with E-state index >= 15 is 0 Å². The van der Waals surface area contributed by atoms with E-state index < -0.39 is 6.10 Å². The van der Waals surface area contributed by atoms with Crippen LogP contribution < -0.4 is 5.56 Å². The Morgan fingerprint density at radius 3 is 2.88 bits per heavy atom. The van der Waals surface area contributed by atoms with E-state index in [2.05, 4.69) is 4.98 Å². The molecule has 0 fully saturated rings. The van der Waals surface area contributed by atoms with E-state index in [0.29, 0.717) is 38.7 Å². The lowest BCUT2D eigenvalue weighted by Gasteiger charge is -2.24. The van der Waals surface area contributed by atoms with Gasteiger partial charge in [-0.25, -0.2) is 4.98 Å². The largest absolute Gasteiger partial charge is 0.389 e. The molecule has 1 aliphatic carbocycles. The number of aliphatic hydroxyl groups is 1. The quantitative estimate of drug-likeness (QED) is 0.460. The summed E-state index contributed by atoms with van der Waals surface area (Å²) < 4.78 is 10.9. The zero-order chi connectivity index (χ0) is 22.3. The molecule has 32 heavy (non-hydrogen) atoms. The van der Waals surface area contributed by atoms with Crippen LogP contribution in [0.3, 0.4) is 0 Å². The number of aryl methyl sites for hydroxylation is 2. The summed E-state index contributed by atoms with van der Waals surface area (Å²) in [6.45, 7) is 2.68. The molecule has 0 radical (unpaired) electrons. The van der Waals surface area contributed by atoms with Gasteiger partial charge >= 0.3 is 0 Å². The Morgan fingerprint density at radius 1 is 1.25 bits per heavy atom. The Kier molecular flexibility index (Phi) is 8.05. The number of H-pyrrole nitrogens is 1. The molecule has 7 nitrogen and oxygen atoms in total. The van der Waals surface area contributed by atoms with Crippen molar-refractivity contribution in [3.8, 4) is 0 Å². The fraction of sp³-hybridized carbons (Fsp3) is 0.500. The molecule has 2 heterocycles. The van der Waals surface area contributed by atoms with E-state index in [-0.39, 0.29) is 12.2 Å². The summed E-state index contributed by atoms with van der Waals surface area (Å²) in [6, 6.07) is 9.90. The van der Waals surface area contributed by atoms with Gasteiger partial charge in [0.15, 0.2) is 0 Å². The molecule has 1 aromatic carbocycles. The van der Waals surface area contributed by atoms with Crippen molar-refractivity contribution in [2.45, 2.75) is 44.9 Å². The van der Waals surface area contributed by atoms with E-state index in [1.54, 1.807) is 18.4 Å². The molecule has 2 N–H and O–H groups in total. The maximum absolute atomic E-state index is 12.8. The van der Waals surface area contributed by atoms with E-state index in [1.807, 2.05) is 35.2 Å². The van der Waals surface area contributed by atoms with Gasteiger partial charge in [-0.1, -0.05) is 30.3 Å². The Hall–Kier alpha value is -2.10. The number of rotatable bonds is 11. The van der Waals surface area contributed by atoms with Crippen molar-refractivity contribution in [3.05, 3.63) is 62.5 Å². The molecule has 0 amide bonds. The average Bonchev–Trinajstić information content (AvgIpc) is 3.17. The van der Waals surface area contributed by atoms with E-state index in [4.69, 9.17) is 14.5 Å². The first-order valence-corrected chi connectivity index (χ1v) is 12.0. The first-order valence-electron chi connectivity index (χ1n) is 11.2. The lowest BCUT2D eigenvalue weighted by molar-refractivity contribution is 0.00437. The molecule has 0 bridgehead atoms. The van der Waals surface area contributed by atoms with Crippen LogP contribution in [-0.4, -0.2) is 59.5 Å². The standard InChI is InChI=1S/C24H31N3O4S/c1-30-12-11-27(13-18(28)16-31-15-17-7-3-2-4-8-17)14-21-25-23(29)22-19-9-5-6-10-20(19)32-24(22)26-21/h2-4,7-8,18,28H,5-6,9-16H2,1H3,(H,25,26,29). The number of aromatic nitrogens is 2. The van der Waals surface area contributed by atoms with Crippen LogP contribution in [0.15, 0.2) is 35.1 Å². The molecule has 0 spiro atoms. The number of thiophene rings is 1. The Balaban J connectivity index is 1.40. The van der Waals surface area contributed by atoms with Crippen LogP contribution in [0.5, 0.6) is 0 Å². The van der Waals surface area contributed by atoms with Crippen LogP contribution in [0, 0.1) is 0 Å². The Labute approximate surface area is 192 Å². The summed E-state index contributed by atoms with van der Waals surface area (Å²) in [4.78, 5) is 24.7. The first-order chi connectivity index (χ1) is 15.6. The number of ether oxygens (including phenoxy) is 2. The summed E-state index contributed by atoms with van der Waals surface area (Å²) in [5, 5.41) is 11.3. The first kappa shape index (κ1) is 23.1. The second-order valence-corrected chi connectivity index (χ2v) is 9.37. The highest BCUT2D eigenvalue weighted by atomic mass is 32.1. The van der Waals surface area contributed by atoms with Gasteiger partial charge in [0.1, 0.15) is 10.7 Å².